The number of carbonyl (C=O) groups is 2. The molecule has 0 aliphatic rings. The van der Waals surface area contributed by atoms with Gasteiger partial charge in [-0.2, -0.15) is 24.5 Å². The molecule has 0 saturated carbocycles. The molecule has 2 rings (SSSR count). The highest BCUT2D eigenvalue weighted by Gasteiger charge is 2.29. The zero-order valence-electron chi connectivity index (χ0n) is 13.9. The molecule has 2 amide bonds. The molecule has 0 fully saturated rings. The van der Waals surface area contributed by atoms with Crippen molar-refractivity contribution < 1.29 is 22.8 Å². The maximum absolute atomic E-state index is 12.5. The fourth-order valence-corrected chi connectivity index (χ4v) is 2.88. The largest absolute Gasteiger partial charge is 0.416 e. The van der Waals surface area contributed by atoms with E-state index in [0.29, 0.717) is 31.5 Å². The van der Waals surface area contributed by atoms with E-state index in [1.54, 1.807) is 11.4 Å². The predicted octanol–water partition coefficient (Wildman–Crippen LogP) is 3.64. The van der Waals surface area contributed by atoms with Crippen LogP contribution in [-0.2, 0) is 17.4 Å². The Kier molecular flexibility index (Phi) is 7.20. The molecule has 0 atom stereocenters. The second kappa shape index (κ2) is 9.38. The van der Waals surface area contributed by atoms with Gasteiger partial charge in [0, 0.05) is 30.5 Å². The Morgan fingerprint density at radius 3 is 2.35 bits per heavy atom. The van der Waals surface area contributed by atoms with Crippen molar-refractivity contribution >= 4 is 23.2 Å². The lowest BCUT2D eigenvalue weighted by Gasteiger charge is -2.08. The van der Waals surface area contributed by atoms with E-state index in [4.69, 9.17) is 0 Å². The fourth-order valence-electron chi connectivity index (χ4n) is 2.24. The highest BCUT2D eigenvalue weighted by molar-refractivity contribution is 7.08. The van der Waals surface area contributed by atoms with Crippen LogP contribution in [0.2, 0.25) is 0 Å². The third-order valence-corrected chi connectivity index (χ3v) is 4.35. The van der Waals surface area contributed by atoms with Crippen molar-refractivity contribution in [2.45, 2.75) is 25.4 Å². The van der Waals surface area contributed by atoms with Crippen molar-refractivity contribution in [1.29, 1.82) is 0 Å². The van der Waals surface area contributed by atoms with E-state index in [-0.39, 0.29) is 18.2 Å². The van der Waals surface area contributed by atoms with Gasteiger partial charge >= 0.3 is 6.18 Å². The van der Waals surface area contributed by atoms with Crippen LogP contribution in [0.5, 0.6) is 0 Å². The number of carbonyl (C=O) groups excluding carboxylic acids is 2. The van der Waals surface area contributed by atoms with Crippen LogP contribution < -0.4 is 10.6 Å². The Bertz CT molecular complexity index is 713. The summed E-state index contributed by atoms with van der Waals surface area (Å²) in [6.45, 7) is 0.756. The molecule has 2 aromatic rings. The Labute approximate surface area is 153 Å². The SMILES string of the molecule is O=C(CCCNC(=O)c1ccsc1)NCCc1ccc(C(F)(F)F)cc1. The molecule has 1 heterocycles. The van der Waals surface area contributed by atoms with Crippen LogP contribution >= 0.6 is 11.3 Å². The van der Waals surface area contributed by atoms with Gasteiger partial charge in [0.2, 0.25) is 5.91 Å². The van der Waals surface area contributed by atoms with Gasteiger partial charge in [-0.05, 0) is 42.0 Å². The first-order valence-corrected chi connectivity index (χ1v) is 9.04. The normalized spacial score (nSPS) is 11.2. The van der Waals surface area contributed by atoms with E-state index in [2.05, 4.69) is 10.6 Å². The van der Waals surface area contributed by atoms with Crippen molar-refractivity contribution in [3.8, 4) is 0 Å². The standard InChI is InChI=1S/C18H19F3N2O2S/c19-18(20,21)15-5-3-13(4-6-15)7-10-22-16(24)2-1-9-23-17(25)14-8-11-26-12-14/h3-6,8,11-12H,1-2,7,9-10H2,(H,22,24)(H,23,25). The van der Waals surface area contributed by atoms with Crippen LogP contribution in [0.15, 0.2) is 41.1 Å². The smallest absolute Gasteiger partial charge is 0.356 e. The first-order valence-electron chi connectivity index (χ1n) is 8.09. The number of hydrogen-bond acceptors (Lipinski definition) is 3. The summed E-state index contributed by atoms with van der Waals surface area (Å²) in [6.07, 6.45) is -3.09. The number of amides is 2. The van der Waals surface area contributed by atoms with E-state index in [9.17, 15) is 22.8 Å². The zero-order valence-corrected chi connectivity index (χ0v) is 14.8. The first-order chi connectivity index (χ1) is 12.4. The number of hydrogen-bond donors (Lipinski definition) is 2. The Morgan fingerprint density at radius 2 is 1.73 bits per heavy atom. The lowest BCUT2D eigenvalue weighted by molar-refractivity contribution is -0.137. The summed E-state index contributed by atoms with van der Waals surface area (Å²) in [6, 6.07) is 6.62. The summed E-state index contributed by atoms with van der Waals surface area (Å²) < 4.78 is 37.4. The molecule has 26 heavy (non-hydrogen) atoms. The maximum Gasteiger partial charge on any atom is 0.416 e. The van der Waals surface area contributed by atoms with Gasteiger partial charge in [0.1, 0.15) is 0 Å². The van der Waals surface area contributed by atoms with Crippen LogP contribution in [0.4, 0.5) is 13.2 Å². The number of nitrogens with one attached hydrogen (secondary N) is 2. The minimum atomic E-state index is -4.34. The summed E-state index contributed by atoms with van der Waals surface area (Å²) in [7, 11) is 0. The Balaban J connectivity index is 1.59. The van der Waals surface area contributed by atoms with E-state index in [1.807, 2.05) is 5.38 Å². The average molecular weight is 384 g/mol. The molecule has 2 N–H and O–H groups in total. The predicted molar refractivity (Wildman–Crippen MR) is 94.0 cm³/mol. The van der Waals surface area contributed by atoms with Crippen molar-refractivity contribution in [2.75, 3.05) is 13.1 Å². The fraction of sp³-hybridized carbons (Fsp3) is 0.333. The monoisotopic (exact) mass is 384 g/mol. The number of thiophene rings is 1. The van der Waals surface area contributed by atoms with E-state index < -0.39 is 11.7 Å². The minimum Gasteiger partial charge on any atom is -0.356 e. The van der Waals surface area contributed by atoms with Gasteiger partial charge in [0.25, 0.3) is 5.91 Å². The Morgan fingerprint density at radius 1 is 1.00 bits per heavy atom. The molecule has 1 aromatic carbocycles. The van der Waals surface area contributed by atoms with Crippen LogP contribution in [0.25, 0.3) is 0 Å². The topological polar surface area (TPSA) is 58.2 Å². The van der Waals surface area contributed by atoms with Gasteiger partial charge in [-0.15, -0.1) is 0 Å². The summed E-state index contributed by atoms with van der Waals surface area (Å²) in [5.41, 5.74) is 0.645. The van der Waals surface area contributed by atoms with Crippen LogP contribution in [0.1, 0.15) is 34.3 Å². The highest BCUT2D eigenvalue weighted by Crippen LogP contribution is 2.29. The molecule has 0 unspecified atom stereocenters. The quantitative estimate of drug-likeness (QED) is 0.683. The van der Waals surface area contributed by atoms with Gasteiger partial charge < -0.3 is 10.6 Å². The van der Waals surface area contributed by atoms with Crippen LogP contribution in [0.3, 0.4) is 0 Å². The van der Waals surface area contributed by atoms with Gasteiger partial charge in [0.05, 0.1) is 5.56 Å². The van der Waals surface area contributed by atoms with Crippen LogP contribution in [0, 0.1) is 0 Å². The summed E-state index contributed by atoms with van der Waals surface area (Å²) >= 11 is 1.44. The molecule has 1 aromatic heterocycles. The molecular formula is C18H19F3N2O2S. The van der Waals surface area contributed by atoms with E-state index >= 15 is 0 Å². The first kappa shape index (κ1) is 20.0. The molecule has 0 saturated heterocycles. The second-order valence-electron chi connectivity index (χ2n) is 5.67. The number of halogens is 3. The molecular weight excluding hydrogens is 365 g/mol. The molecule has 4 nitrogen and oxygen atoms in total. The highest BCUT2D eigenvalue weighted by atomic mass is 32.1. The van der Waals surface area contributed by atoms with Crippen molar-refractivity contribution in [3.05, 3.63) is 57.8 Å². The summed E-state index contributed by atoms with van der Waals surface area (Å²) in [4.78, 5) is 23.4. The van der Waals surface area contributed by atoms with Crippen molar-refractivity contribution in [1.82, 2.24) is 10.6 Å². The molecule has 8 heteroatoms. The third kappa shape index (κ3) is 6.51. The molecule has 0 spiro atoms. The molecule has 0 bridgehead atoms. The van der Waals surface area contributed by atoms with E-state index in [0.717, 1.165) is 17.7 Å². The number of rotatable bonds is 8. The summed E-state index contributed by atoms with van der Waals surface area (Å²) in [5, 5.41) is 9.03. The third-order valence-electron chi connectivity index (χ3n) is 3.67. The van der Waals surface area contributed by atoms with Gasteiger partial charge in [-0.1, -0.05) is 12.1 Å². The molecule has 0 radical (unpaired) electrons. The lowest BCUT2D eigenvalue weighted by Crippen LogP contribution is -2.28. The zero-order chi connectivity index (χ0) is 19.0. The van der Waals surface area contributed by atoms with Gasteiger partial charge in [-0.3, -0.25) is 9.59 Å². The lowest BCUT2D eigenvalue weighted by atomic mass is 10.1. The Hall–Kier alpha value is -2.35. The molecule has 140 valence electrons. The van der Waals surface area contributed by atoms with Crippen LogP contribution in [-0.4, -0.2) is 24.9 Å². The molecule has 0 aliphatic heterocycles. The maximum atomic E-state index is 12.5. The second-order valence-corrected chi connectivity index (χ2v) is 6.45. The van der Waals surface area contributed by atoms with Crippen molar-refractivity contribution in [3.63, 3.8) is 0 Å². The average Bonchev–Trinajstić information content (AvgIpc) is 3.13. The molecule has 0 aliphatic carbocycles. The van der Waals surface area contributed by atoms with Gasteiger partial charge in [0.15, 0.2) is 0 Å². The van der Waals surface area contributed by atoms with E-state index in [1.165, 1.54) is 23.5 Å². The summed E-state index contributed by atoms with van der Waals surface area (Å²) in [5.74, 6) is -0.310. The minimum absolute atomic E-state index is 0.151. The number of alkyl halides is 3. The van der Waals surface area contributed by atoms with Crippen molar-refractivity contribution in [2.24, 2.45) is 0 Å². The van der Waals surface area contributed by atoms with Gasteiger partial charge in [-0.25, -0.2) is 0 Å². The number of benzene rings is 1.